The van der Waals surface area contributed by atoms with E-state index in [1.54, 1.807) is 0 Å². The number of nitrogens with two attached hydrogens (primary N) is 1. The second-order valence-corrected chi connectivity index (χ2v) is 7.64. The summed E-state index contributed by atoms with van der Waals surface area (Å²) >= 11 is 4.19. The molecule has 1 aliphatic rings. The van der Waals surface area contributed by atoms with E-state index < -0.39 is 0 Å². The van der Waals surface area contributed by atoms with Crippen LogP contribution in [0.2, 0.25) is 0 Å². The van der Waals surface area contributed by atoms with Crippen molar-refractivity contribution in [2.45, 2.75) is 43.2 Å². The number of rotatable bonds is 4. The topological polar surface area (TPSA) is 26.0 Å². The van der Waals surface area contributed by atoms with E-state index in [0.717, 1.165) is 11.7 Å². The maximum absolute atomic E-state index is 6.46. The van der Waals surface area contributed by atoms with Gasteiger partial charge in [-0.3, -0.25) is 0 Å². The van der Waals surface area contributed by atoms with Crippen LogP contribution in [-0.2, 0) is 6.42 Å². The van der Waals surface area contributed by atoms with Gasteiger partial charge in [-0.25, -0.2) is 0 Å². The molecule has 0 bridgehead atoms. The average Bonchev–Trinajstić information content (AvgIpc) is 2.38. The highest BCUT2D eigenvalue weighted by molar-refractivity contribution is 8.07. The highest BCUT2D eigenvalue weighted by Gasteiger charge is 2.29. The predicted octanol–water partition coefficient (Wildman–Crippen LogP) is 3.49. The third-order valence-corrected chi connectivity index (χ3v) is 6.90. The first-order valence-corrected chi connectivity index (χ1v) is 8.84. The molecule has 1 aliphatic heterocycles. The molecule has 0 spiro atoms. The number of hydrogen-bond donors (Lipinski definition) is 1. The van der Waals surface area contributed by atoms with Crippen LogP contribution in [0.3, 0.4) is 0 Å². The van der Waals surface area contributed by atoms with Crippen LogP contribution in [0.5, 0.6) is 0 Å². The minimum absolute atomic E-state index is 0.287. The normalized spacial score (nSPS) is 25.9. The number of benzene rings is 1. The van der Waals surface area contributed by atoms with Gasteiger partial charge in [0.1, 0.15) is 0 Å². The standard InChI is InChI=1S/C15H23NS2/c1-3-14-15(18-8-7-17-14)13(16)10-12-6-4-5-11(2)9-12/h4-6,9,13-15H,3,7-8,10,16H2,1-2H3. The number of thioether (sulfide) groups is 2. The van der Waals surface area contributed by atoms with Crippen LogP contribution in [0, 0.1) is 6.92 Å². The molecule has 3 heteroatoms. The van der Waals surface area contributed by atoms with E-state index in [-0.39, 0.29) is 6.04 Å². The van der Waals surface area contributed by atoms with Gasteiger partial charge >= 0.3 is 0 Å². The van der Waals surface area contributed by atoms with Crippen LogP contribution < -0.4 is 5.73 Å². The molecule has 0 aromatic heterocycles. The lowest BCUT2D eigenvalue weighted by atomic mass is 10.00. The molecule has 100 valence electrons. The van der Waals surface area contributed by atoms with Crippen LogP contribution in [0.25, 0.3) is 0 Å². The molecular weight excluding hydrogens is 258 g/mol. The maximum atomic E-state index is 6.46. The van der Waals surface area contributed by atoms with Gasteiger partial charge in [-0.15, -0.1) is 0 Å². The summed E-state index contributed by atoms with van der Waals surface area (Å²) in [6.45, 7) is 4.44. The van der Waals surface area contributed by atoms with Crippen molar-refractivity contribution in [1.82, 2.24) is 0 Å². The zero-order chi connectivity index (χ0) is 13.0. The van der Waals surface area contributed by atoms with E-state index in [9.17, 15) is 0 Å². The molecule has 0 radical (unpaired) electrons. The number of aryl methyl sites for hydroxylation is 1. The van der Waals surface area contributed by atoms with Crippen LogP contribution >= 0.6 is 23.5 Å². The fourth-order valence-corrected chi connectivity index (χ4v) is 5.76. The van der Waals surface area contributed by atoms with Crippen molar-refractivity contribution in [3.63, 3.8) is 0 Å². The van der Waals surface area contributed by atoms with Crippen LogP contribution in [0.15, 0.2) is 24.3 Å². The molecule has 3 unspecified atom stereocenters. The fraction of sp³-hybridized carbons (Fsp3) is 0.600. The van der Waals surface area contributed by atoms with E-state index in [2.05, 4.69) is 61.6 Å². The van der Waals surface area contributed by atoms with Crippen molar-refractivity contribution < 1.29 is 0 Å². The first-order valence-electron chi connectivity index (χ1n) is 6.75. The average molecular weight is 281 g/mol. The van der Waals surface area contributed by atoms with Gasteiger partial charge in [0.05, 0.1) is 0 Å². The molecule has 1 nitrogen and oxygen atoms in total. The molecule has 1 saturated heterocycles. The molecule has 0 saturated carbocycles. The largest absolute Gasteiger partial charge is 0.326 e. The Morgan fingerprint density at radius 1 is 1.33 bits per heavy atom. The minimum Gasteiger partial charge on any atom is -0.326 e. The summed E-state index contributed by atoms with van der Waals surface area (Å²) in [6, 6.07) is 9.04. The Labute approximate surface area is 119 Å². The van der Waals surface area contributed by atoms with E-state index in [4.69, 9.17) is 5.73 Å². The lowest BCUT2D eigenvalue weighted by molar-refractivity contribution is 0.597. The molecular formula is C15H23NS2. The molecule has 1 heterocycles. The highest BCUT2D eigenvalue weighted by Crippen LogP contribution is 2.35. The summed E-state index contributed by atoms with van der Waals surface area (Å²) in [5, 5.41) is 1.36. The van der Waals surface area contributed by atoms with Gasteiger partial charge in [0, 0.05) is 28.0 Å². The summed E-state index contributed by atoms with van der Waals surface area (Å²) in [6.07, 6.45) is 2.25. The smallest absolute Gasteiger partial charge is 0.0321 e. The minimum atomic E-state index is 0.287. The van der Waals surface area contributed by atoms with E-state index >= 15 is 0 Å². The van der Waals surface area contributed by atoms with Gasteiger partial charge < -0.3 is 5.73 Å². The maximum Gasteiger partial charge on any atom is 0.0321 e. The Morgan fingerprint density at radius 3 is 2.83 bits per heavy atom. The van der Waals surface area contributed by atoms with E-state index in [1.165, 1.54) is 29.1 Å². The first kappa shape index (κ1) is 14.3. The van der Waals surface area contributed by atoms with Gasteiger partial charge in [0.15, 0.2) is 0 Å². The summed E-state index contributed by atoms with van der Waals surface area (Å²) in [5.41, 5.74) is 9.18. The van der Waals surface area contributed by atoms with Gasteiger partial charge in [-0.05, 0) is 25.3 Å². The molecule has 1 fully saturated rings. The summed E-state index contributed by atoms with van der Waals surface area (Å²) < 4.78 is 0. The van der Waals surface area contributed by atoms with Crippen molar-refractivity contribution in [3.05, 3.63) is 35.4 Å². The van der Waals surface area contributed by atoms with Gasteiger partial charge in [-0.1, -0.05) is 36.8 Å². The Kier molecular flexibility index (Phi) is 5.46. The van der Waals surface area contributed by atoms with E-state index in [1.807, 2.05) is 0 Å². The fourth-order valence-electron chi connectivity index (χ4n) is 2.56. The lowest BCUT2D eigenvalue weighted by Crippen LogP contribution is -2.43. The molecule has 2 rings (SSSR count). The highest BCUT2D eigenvalue weighted by atomic mass is 32.2. The lowest BCUT2D eigenvalue weighted by Gasteiger charge is -2.34. The van der Waals surface area contributed by atoms with Gasteiger partial charge in [-0.2, -0.15) is 23.5 Å². The second-order valence-electron chi connectivity index (χ2n) is 5.01. The van der Waals surface area contributed by atoms with Crippen molar-refractivity contribution in [1.29, 1.82) is 0 Å². The third-order valence-electron chi connectivity index (χ3n) is 3.47. The zero-order valence-electron chi connectivity index (χ0n) is 11.3. The monoisotopic (exact) mass is 281 g/mol. The first-order chi connectivity index (χ1) is 8.70. The molecule has 18 heavy (non-hydrogen) atoms. The molecule has 1 aromatic carbocycles. The second kappa shape index (κ2) is 6.88. The van der Waals surface area contributed by atoms with Crippen molar-refractivity contribution in [2.75, 3.05) is 11.5 Å². The molecule has 1 aromatic rings. The van der Waals surface area contributed by atoms with Gasteiger partial charge in [0.2, 0.25) is 0 Å². The summed E-state index contributed by atoms with van der Waals surface area (Å²) in [7, 11) is 0. The Hall–Kier alpha value is -0.120. The predicted molar refractivity (Wildman–Crippen MR) is 85.6 cm³/mol. The van der Waals surface area contributed by atoms with Gasteiger partial charge in [0.25, 0.3) is 0 Å². The SMILES string of the molecule is CCC1SCCSC1C(N)Cc1cccc(C)c1. The Balaban J connectivity index is 1.99. The molecule has 0 aliphatic carbocycles. The Bertz CT molecular complexity index is 381. The van der Waals surface area contributed by atoms with Crippen LogP contribution in [0.4, 0.5) is 0 Å². The van der Waals surface area contributed by atoms with Crippen LogP contribution in [0.1, 0.15) is 24.5 Å². The zero-order valence-corrected chi connectivity index (χ0v) is 12.9. The van der Waals surface area contributed by atoms with Crippen LogP contribution in [-0.4, -0.2) is 28.0 Å². The number of hydrogen-bond acceptors (Lipinski definition) is 3. The van der Waals surface area contributed by atoms with Crippen molar-refractivity contribution in [2.24, 2.45) is 5.73 Å². The summed E-state index contributed by atoms with van der Waals surface area (Å²) in [5.74, 6) is 2.55. The van der Waals surface area contributed by atoms with E-state index in [0.29, 0.717) is 5.25 Å². The quantitative estimate of drug-likeness (QED) is 0.915. The molecule has 0 amide bonds. The molecule has 2 N–H and O–H groups in total. The van der Waals surface area contributed by atoms with Crippen molar-refractivity contribution in [3.8, 4) is 0 Å². The summed E-state index contributed by atoms with van der Waals surface area (Å²) in [4.78, 5) is 0. The van der Waals surface area contributed by atoms with Crippen molar-refractivity contribution >= 4 is 23.5 Å². The molecule has 3 atom stereocenters. The third kappa shape index (κ3) is 3.69. The Morgan fingerprint density at radius 2 is 2.11 bits per heavy atom.